The quantitative estimate of drug-likeness (QED) is 0.937. The predicted molar refractivity (Wildman–Crippen MR) is 90.4 cm³/mol. The predicted octanol–water partition coefficient (Wildman–Crippen LogP) is 3.46. The van der Waals surface area contributed by atoms with Crippen LogP contribution in [-0.4, -0.2) is 41.1 Å². The number of aromatic nitrogens is 2. The molecule has 0 unspecified atom stereocenters. The smallest absolute Gasteiger partial charge is 0.226 e. The molecule has 1 fully saturated rings. The van der Waals surface area contributed by atoms with Gasteiger partial charge >= 0.3 is 0 Å². The van der Waals surface area contributed by atoms with Crippen molar-refractivity contribution in [3.8, 4) is 0 Å². The second-order valence-electron chi connectivity index (χ2n) is 4.89. The van der Waals surface area contributed by atoms with E-state index in [-0.39, 0.29) is 0 Å². The Balaban J connectivity index is 1.95. The molecule has 1 N–H and O–H groups in total. The molecular weight excluding hydrogens is 288 g/mol. The van der Waals surface area contributed by atoms with Crippen LogP contribution in [0.15, 0.2) is 11.4 Å². The van der Waals surface area contributed by atoms with Crippen LogP contribution in [-0.2, 0) is 0 Å². The van der Waals surface area contributed by atoms with E-state index in [1.54, 1.807) is 11.3 Å². The zero-order valence-electron chi connectivity index (χ0n) is 11.8. The largest absolute Gasteiger partial charge is 0.355 e. The Morgan fingerprint density at radius 1 is 1.30 bits per heavy atom. The maximum absolute atomic E-state index is 4.78. The molecule has 0 amide bonds. The third-order valence-corrected chi connectivity index (χ3v) is 5.22. The van der Waals surface area contributed by atoms with E-state index in [1.165, 1.54) is 23.3 Å². The summed E-state index contributed by atoms with van der Waals surface area (Å²) in [5.74, 6) is 4.33. The molecular formula is C14H20N4S2. The molecule has 1 aliphatic heterocycles. The molecule has 0 spiro atoms. The van der Waals surface area contributed by atoms with Gasteiger partial charge in [-0.05, 0) is 30.0 Å². The Hall–Kier alpha value is -1.01. The Kier molecular flexibility index (Phi) is 4.62. The second-order valence-corrected chi connectivity index (χ2v) is 7.01. The minimum atomic E-state index is 0.772. The number of thiophene rings is 1. The lowest BCUT2D eigenvalue weighted by molar-refractivity contribution is 0.803. The molecule has 0 saturated carbocycles. The molecule has 2 aromatic rings. The van der Waals surface area contributed by atoms with Crippen molar-refractivity contribution in [3.05, 3.63) is 11.4 Å². The fourth-order valence-corrected chi connectivity index (χ4v) is 4.00. The minimum absolute atomic E-state index is 0.772. The van der Waals surface area contributed by atoms with Gasteiger partial charge in [-0.3, -0.25) is 0 Å². The molecule has 2 aromatic heterocycles. The normalized spacial score (nSPS) is 16.4. The Bertz CT molecular complexity index is 561. The van der Waals surface area contributed by atoms with Crippen LogP contribution in [0.4, 0.5) is 11.8 Å². The van der Waals surface area contributed by atoms with Crippen LogP contribution in [0.3, 0.4) is 0 Å². The van der Waals surface area contributed by atoms with Crippen LogP contribution in [0.1, 0.15) is 19.8 Å². The van der Waals surface area contributed by atoms with Crippen LogP contribution in [0.5, 0.6) is 0 Å². The van der Waals surface area contributed by atoms with E-state index in [2.05, 4.69) is 33.6 Å². The second kappa shape index (κ2) is 6.63. The lowest BCUT2D eigenvalue weighted by Crippen LogP contribution is -2.27. The zero-order valence-corrected chi connectivity index (χ0v) is 13.4. The van der Waals surface area contributed by atoms with Crippen molar-refractivity contribution in [2.75, 3.05) is 41.4 Å². The summed E-state index contributed by atoms with van der Waals surface area (Å²) in [5.41, 5.74) is 0. The summed E-state index contributed by atoms with van der Waals surface area (Å²) in [6.45, 7) is 5.26. The molecule has 1 aliphatic rings. The summed E-state index contributed by atoms with van der Waals surface area (Å²) >= 11 is 3.74. The van der Waals surface area contributed by atoms with E-state index in [0.717, 1.165) is 42.7 Å². The van der Waals surface area contributed by atoms with E-state index in [9.17, 15) is 0 Å². The third-order valence-electron chi connectivity index (χ3n) is 3.36. The molecule has 0 aliphatic carbocycles. The zero-order chi connectivity index (χ0) is 13.8. The monoisotopic (exact) mass is 308 g/mol. The average molecular weight is 308 g/mol. The van der Waals surface area contributed by atoms with Crippen LogP contribution in [0.2, 0.25) is 0 Å². The Morgan fingerprint density at radius 2 is 2.25 bits per heavy atom. The Morgan fingerprint density at radius 3 is 3.15 bits per heavy atom. The SMILES string of the molecule is CCCNc1nc(N2CCCSCC2)c2ccsc2n1. The first-order valence-electron chi connectivity index (χ1n) is 7.20. The molecule has 20 heavy (non-hydrogen) atoms. The first kappa shape index (κ1) is 13.9. The fourth-order valence-electron chi connectivity index (χ4n) is 2.35. The average Bonchev–Trinajstić information content (AvgIpc) is 2.77. The summed E-state index contributed by atoms with van der Waals surface area (Å²) in [7, 11) is 0. The first-order chi connectivity index (χ1) is 9.88. The number of nitrogens with one attached hydrogen (secondary N) is 1. The summed E-state index contributed by atoms with van der Waals surface area (Å²) in [4.78, 5) is 12.9. The first-order valence-corrected chi connectivity index (χ1v) is 9.23. The van der Waals surface area contributed by atoms with Crippen molar-refractivity contribution >= 4 is 45.1 Å². The number of thioether (sulfide) groups is 1. The maximum Gasteiger partial charge on any atom is 0.226 e. The molecule has 3 rings (SSSR count). The molecule has 0 aromatic carbocycles. The maximum atomic E-state index is 4.78. The van der Waals surface area contributed by atoms with E-state index >= 15 is 0 Å². The van der Waals surface area contributed by atoms with Gasteiger partial charge in [-0.1, -0.05) is 6.92 Å². The van der Waals surface area contributed by atoms with Crippen LogP contribution >= 0.6 is 23.1 Å². The number of anilines is 2. The van der Waals surface area contributed by atoms with E-state index in [4.69, 9.17) is 4.98 Å². The van der Waals surface area contributed by atoms with E-state index < -0.39 is 0 Å². The van der Waals surface area contributed by atoms with Crippen molar-refractivity contribution in [3.63, 3.8) is 0 Å². The molecule has 4 nitrogen and oxygen atoms in total. The highest BCUT2D eigenvalue weighted by Gasteiger charge is 2.16. The van der Waals surface area contributed by atoms with Gasteiger partial charge in [0.05, 0.1) is 5.39 Å². The van der Waals surface area contributed by atoms with Crippen molar-refractivity contribution in [1.82, 2.24) is 9.97 Å². The van der Waals surface area contributed by atoms with Crippen LogP contribution < -0.4 is 10.2 Å². The van der Waals surface area contributed by atoms with Gasteiger partial charge in [-0.2, -0.15) is 16.7 Å². The molecule has 1 saturated heterocycles. The highest BCUT2D eigenvalue weighted by molar-refractivity contribution is 7.99. The molecule has 6 heteroatoms. The molecule has 3 heterocycles. The summed E-state index contributed by atoms with van der Waals surface area (Å²) in [6.07, 6.45) is 2.32. The number of hydrogen-bond acceptors (Lipinski definition) is 6. The minimum Gasteiger partial charge on any atom is -0.355 e. The molecule has 0 bridgehead atoms. The van der Waals surface area contributed by atoms with Gasteiger partial charge < -0.3 is 10.2 Å². The summed E-state index contributed by atoms with van der Waals surface area (Å²) in [6, 6.07) is 2.15. The van der Waals surface area contributed by atoms with Crippen molar-refractivity contribution in [1.29, 1.82) is 0 Å². The third kappa shape index (κ3) is 3.01. The fraction of sp³-hybridized carbons (Fsp3) is 0.571. The van der Waals surface area contributed by atoms with E-state index in [1.807, 2.05) is 11.8 Å². The number of hydrogen-bond donors (Lipinski definition) is 1. The topological polar surface area (TPSA) is 41.1 Å². The lowest BCUT2D eigenvalue weighted by Gasteiger charge is -2.22. The van der Waals surface area contributed by atoms with Crippen molar-refractivity contribution in [2.45, 2.75) is 19.8 Å². The van der Waals surface area contributed by atoms with Gasteiger partial charge in [0.15, 0.2) is 0 Å². The van der Waals surface area contributed by atoms with Gasteiger partial charge in [0, 0.05) is 25.4 Å². The van der Waals surface area contributed by atoms with E-state index in [0.29, 0.717) is 0 Å². The molecule has 0 atom stereocenters. The van der Waals surface area contributed by atoms with Gasteiger partial charge in [0.2, 0.25) is 5.95 Å². The summed E-state index contributed by atoms with van der Waals surface area (Å²) < 4.78 is 0. The van der Waals surface area contributed by atoms with Gasteiger partial charge in [-0.15, -0.1) is 11.3 Å². The number of rotatable bonds is 4. The van der Waals surface area contributed by atoms with Gasteiger partial charge in [-0.25, -0.2) is 4.98 Å². The standard InChI is InChI=1S/C14H20N4S2/c1-2-5-15-14-16-12(11-4-9-20-13(11)17-14)18-6-3-8-19-10-7-18/h4,9H,2-3,5-8,10H2,1H3,(H,15,16,17). The highest BCUT2D eigenvalue weighted by Crippen LogP contribution is 2.30. The number of nitrogens with zero attached hydrogens (tertiary/aromatic N) is 3. The molecule has 0 radical (unpaired) electrons. The van der Waals surface area contributed by atoms with Crippen LogP contribution in [0, 0.1) is 0 Å². The Labute approximate surface area is 128 Å². The molecule has 108 valence electrons. The number of fused-ring (bicyclic) bond motifs is 1. The van der Waals surface area contributed by atoms with Crippen molar-refractivity contribution < 1.29 is 0 Å². The van der Waals surface area contributed by atoms with Gasteiger partial charge in [0.1, 0.15) is 10.6 Å². The summed E-state index contributed by atoms with van der Waals surface area (Å²) in [5, 5.41) is 6.63. The lowest BCUT2D eigenvalue weighted by atomic mass is 10.3. The van der Waals surface area contributed by atoms with Crippen molar-refractivity contribution in [2.24, 2.45) is 0 Å². The van der Waals surface area contributed by atoms with Crippen LogP contribution in [0.25, 0.3) is 10.2 Å². The van der Waals surface area contributed by atoms with Gasteiger partial charge in [0.25, 0.3) is 0 Å². The highest BCUT2D eigenvalue weighted by atomic mass is 32.2.